The van der Waals surface area contributed by atoms with E-state index in [9.17, 15) is 13.2 Å². The predicted octanol–water partition coefficient (Wildman–Crippen LogP) is 4.64. The number of aromatic nitrogens is 2. The average Bonchev–Trinajstić information content (AvgIpc) is 2.99. The fourth-order valence-electron chi connectivity index (χ4n) is 2.69. The molecule has 1 N–H and O–H groups in total. The Morgan fingerprint density at radius 1 is 1.32 bits per heavy atom. The number of hydrogen-bond donors (Lipinski definition) is 1. The van der Waals surface area contributed by atoms with Crippen LogP contribution in [-0.4, -0.2) is 16.3 Å². The van der Waals surface area contributed by atoms with E-state index in [2.05, 4.69) is 10.4 Å². The van der Waals surface area contributed by atoms with Crippen molar-refractivity contribution in [3.63, 3.8) is 0 Å². The molecule has 1 aliphatic heterocycles. The molecule has 1 aromatic carbocycles. The summed E-state index contributed by atoms with van der Waals surface area (Å²) >= 11 is 6.12. The van der Waals surface area contributed by atoms with Gasteiger partial charge < -0.3 is 5.32 Å². The van der Waals surface area contributed by atoms with Crippen LogP contribution in [0.4, 0.5) is 19.0 Å². The van der Waals surface area contributed by atoms with Gasteiger partial charge in [0.05, 0.1) is 22.0 Å². The minimum absolute atomic E-state index is 0.194. The standard InChI is InChI=1S/C15H15ClF3N3/c1-8(2)13-10-5-6-20-14(10)22(21-13)12-7-9(15(17,18)19)3-4-11(12)16/h3-4,7-8,20H,5-6H2,1-2H3. The maximum atomic E-state index is 12.9. The number of fused-ring (bicyclic) bond motifs is 1. The summed E-state index contributed by atoms with van der Waals surface area (Å²) in [5.74, 6) is 0.935. The number of anilines is 1. The van der Waals surface area contributed by atoms with Crippen molar-refractivity contribution in [1.29, 1.82) is 0 Å². The van der Waals surface area contributed by atoms with Gasteiger partial charge in [0.2, 0.25) is 0 Å². The molecule has 2 heterocycles. The Kier molecular flexibility index (Phi) is 3.59. The van der Waals surface area contributed by atoms with Crippen molar-refractivity contribution in [1.82, 2.24) is 9.78 Å². The van der Waals surface area contributed by atoms with Crippen molar-refractivity contribution in [2.24, 2.45) is 0 Å². The van der Waals surface area contributed by atoms with Crippen LogP contribution in [0.3, 0.4) is 0 Å². The first-order chi connectivity index (χ1) is 10.3. The summed E-state index contributed by atoms with van der Waals surface area (Å²) in [5.41, 5.74) is 1.46. The summed E-state index contributed by atoms with van der Waals surface area (Å²) in [6, 6.07) is 3.28. The Balaban J connectivity index is 2.18. The topological polar surface area (TPSA) is 29.9 Å². The van der Waals surface area contributed by atoms with E-state index in [1.807, 2.05) is 13.8 Å². The number of nitrogens with one attached hydrogen (secondary N) is 1. The Morgan fingerprint density at radius 2 is 2.05 bits per heavy atom. The van der Waals surface area contributed by atoms with Gasteiger partial charge >= 0.3 is 6.18 Å². The molecule has 3 rings (SSSR count). The molecule has 1 aliphatic rings. The summed E-state index contributed by atoms with van der Waals surface area (Å²) < 4.78 is 40.3. The van der Waals surface area contributed by atoms with Gasteiger partial charge in [0.15, 0.2) is 0 Å². The smallest absolute Gasteiger partial charge is 0.369 e. The number of halogens is 4. The molecule has 0 radical (unpaired) electrons. The van der Waals surface area contributed by atoms with Gasteiger partial charge in [0.25, 0.3) is 0 Å². The highest BCUT2D eigenvalue weighted by Gasteiger charge is 2.32. The summed E-state index contributed by atoms with van der Waals surface area (Å²) in [7, 11) is 0. The number of rotatable bonds is 2. The Bertz CT molecular complexity index is 720. The molecule has 0 bridgehead atoms. The van der Waals surface area contributed by atoms with Crippen LogP contribution in [0, 0.1) is 0 Å². The Morgan fingerprint density at radius 3 is 2.68 bits per heavy atom. The number of hydrogen-bond acceptors (Lipinski definition) is 2. The molecule has 0 aliphatic carbocycles. The van der Waals surface area contributed by atoms with Crippen molar-refractivity contribution in [3.05, 3.63) is 40.0 Å². The highest BCUT2D eigenvalue weighted by atomic mass is 35.5. The van der Waals surface area contributed by atoms with E-state index in [0.717, 1.165) is 42.2 Å². The van der Waals surface area contributed by atoms with E-state index >= 15 is 0 Å². The second-order valence-corrected chi connectivity index (χ2v) is 6.03. The van der Waals surface area contributed by atoms with Crippen LogP contribution in [0.2, 0.25) is 5.02 Å². The molecule has 0 spiro atoms. The first-order valence-corrected chi connectivity index (χ1v) is 7.39. The molecule has 2 aromatic rings. The molecule has 0 amide bonds. The van der Waals surface area contributed by atoms with Gasteiger partial charge in [-0.25, -0.2) is 4.68 Å². The predicted molar refractivity (Wildman–Crippen MR) is 79.9 cm³/mol. The van der Waals surface area contributed by atoms with Crippen LogP contribution in [0.1, 0.15) is 36.6 Å². The highest BCUT2D eigenvalue weighted by Crippen LogP contribution is 2.37. The van der Waals surface area contributed by atoms with Crippen LogP contribution in [0.5, 0.6) is 0 Å². The Labute approximate surface area is 131 Å². The van der Waals surface area contributed by atoms with Gasteiger partial charge in [0, 0.05) is 12.1 Å². The maximum Gasteiger partial charge on any atom is 0.416 e. The van der Waals surface area contributed by atoms with Gasteiger partial charge in [-0.3, -0.25) is 0 Å². The van der Waals surface area contributed by atoms with Gasteiger partial charge in [0.1, 0.15) is 5.82 Å². The van der Waals surface area contributed by atoms with Crippen LogP contribution in [0.25, 0.3) is 5.69 Å². The molecular weight excluding hydrogens is 315 g/mol. The third-order valence-corrected chi connectivity index (χ3v) is 4.05. The molecule has 0 fully saturated rings. The number of alkyl halides is 3. The molecule has 0 saturated carbocycles. The summed E-state index contributed by atoms with van der Waals surface area (Å²) in [6.45, 7) is 4.78. The quantitative estimate of drug-likeness (QED) is 0.870. The molecule has 118 valence electrons. The van der Waals surface area contributed by atoms with Crippen LogP contribution in [0.15, 0.2) is 18.2 Å². The first-order valence-electron chi connectivity index (χ1n) is 7.02. The monoisotopic (exact) mass is 329 g/mol. The zero-order valence-electron chi connectivity index (χ0n) is 12.1. The molecular formula is C15H15ClF3N3. The normalized spacial score (nSPS) is 14.3. The van der Waals surface area contributed by atoms with E-state index in [1.165, 1.54) is 10.7 Å². The van der Waals surface area contributed by atoms with Gasteiger partial charge in [-0.1, -0.05) is 25.4 Å². The van der Waals surface area contributed by atoms with Gasteiger partial charge in [-0.05, 0) is 30.5 Å². The third-order valence-electron chi connectivity index (χ3n) is 3.73. The second-order valence-electron chi connectivity index (χ2n) is 5.62. The molecule has 0 saturated heterocycles. The van der Waals surface area contributed by atoms with Crippen molar-refractivity contribution < 1.29 is 13.2 Å². The van der Waals surface area contributed by atoms with Crippen LogP contribution in [-0.2, 0) is 12.6 Å². The van der Waals surface area contributed by atoms with E-state index in [0.29, 0.717) is 0 Å². The molecule has 3 nitrogen and oxygen atoms in total. The minimum atomic E-state index is -4.41. The van der Waals surface area contributed by atoms with Gasteiger partial charge in [-0.15, -0.1) is 0 Å². The lowest BCUT2D eigenvalue weighted by Gasteiger charge is -2.12. The van der Waals surface area contributed by atoms with Gasteiger partial charge in [-0.2, -0.15) is 18.3 Å². The largest absolute Gasteiger partial charge is 0.416 e. The van der Waals surface area contributed by atoms with E-state index in [1.54, 1.807) is 0 Å². The van der Waals surface area contributed by atoms with Crippen molar-refractivity contribution in [2.45, 2.75) is 32.4 Å². The fraction of sp³-hybridized carbons (Fsp3) is 0.400. The molecule has 1 aromatic heterocycles. The number of benzene rings is 1. The average molecular weight is 330 g/mol. The third kappa shape index (κ3) is 2.45. The number of nitrogens with zero attached hydrogens (tertiary/aromatic N) is 2. The SMILES string of the molecule is CC(C)c1nn(-c2cc(C(F)(F)F)ccc2Cl)c2c1CCN2. The summed E-state index contributed by atoms with van der Waals surface area (Å²) in [4.78, 5) is 0. The molecule has 0 unspecified atom stereocenters. The zero-order valence-corrected chi connectivity index (χ0v) is 12.9. The lowest BCUT2D eigenvalue weighted by Crippen LogP contribution is -2.09. The van der Waals surface area contributed by atoms with Crippen molar-refractivity contribution in [2.75, 3.05) is 11.9 Å². The highest BCUT2D eigenvalue weighted by molar-refractivity contribution is 6.32. The second kappa shape index (κ2) is 5.19. The first kappa shape index (κ1) is 15.2. The zero-order chi connectivity index (χ0) is 16.1. The minimum Gasteiger partial charge on any atom is -0.369 e. The van der Waals surface area contributed by atoms with E-state index in [-0.39, 0.29) is 16.6 Å². The maximum absolute atomic E-state index is 12.9. The Hall–Kier alpha value is -1.69. The van der Waals surface area contributed by atoms with Crippen molar-refractivity contribution in [3.8, 4) is 5.69 Å². The molecule has 22 heavy (non-hydrogen) atoms. The molecule has 7 heteroatoms. The molecule has 0 atom stereocenters. The van der Waals surface area contributed by atoms with Crippen LogP contribution >= 0.6 is 11.6 Å². The lowest BCUT2D eigenvalue weighted by atomic mass is 10.1. The summed E-state index contributed by atoms with van der Waals surface area (Å²) in [6.07, 6.45) is -3.59. The summed E-state index contributed by atoms with van der Waals surface area (Å²) in [5, 5.41) is 7.91. The van der Waals surface area contributed by atoms with Crippen molar-refractivity contribution >= 4 is 17.4 Å². The van der Waals surface area contributed by atoms with E-state index < -0.39 is 11.7 Å². The van der Waals surface area contributed by atoms with E-state index in [4.69, 9.17) is 11.6 Å². The fourth-order valence-corrected chi connectivity index (χ4v) is 2.89. The lowest BCUT2D eigenvalue weighted by molar-refractivity contribution is -0.137. The van der Waals surface area contributed by atoms with Crippen LogP contribution < -0.4 is 5.32 Å².